The lowest BCUT2D eigenvalue weighted by molar-refractivity contribution is -0.141. The lowest BCUT2D eigenvalue weighted by Crippen LogP contribution is -2.44. The van der Waals surface area contributed by atoms with Gasteiger partial charge in [0.25, 0.3) is 0 Å². The molecular weight excluding hydrogens is 244 g/mol. The number of nitrogens with one attached hydrogen (secondary N) is 1. The molecule has 0 bridgehead atoms. The number of imide groups is 1. The molecule has 3 aliphatic rings. The van der Waals surface area contributed by atoms with Crippen molar-refractivity contribution in [3.63, 3.8) is 0 Å². The molecule has 3 rings (SSSR count). The van der Waals surface area contributed by atoms with Crippen LogP contribution < -0.4 is 5.32 Å². The minimum atomic E-state index is -0.298. The van der Waals surface area contributed by atoms with E-state index in [4.69, 9.17) is 4.74 Å². The molecule has 3 fully saturated rings. The molecule has 2 heterocycles. The Balaban J connectivity index is 1.55. The summed E-state index contributed by atoms with van der Waals surface area (Å²) in [5, 5.41) is 3.27. The number of amides is 2. The number of hydrogen-bond acceptors (Lipinski definition) is 4. The van der Waals surface area contributed by atoms with E-state index in [1.54, 1.807) is 0 Å². The van der Waals surface area contributed by atoms with Crippen molar-refractivity contribution in [2.45, 2.75) is 50.6 Å². The van der Waals surface area contributed by atoms with Gasteiger partial charge in [0, 0.05) is 19.2 Å². The van der Waals surface area contributed by atoms with Crippen LogP contribution in [0.2, 0.25) is 0 Å². The number of hydrogen-bond donors (Lipinski definition) is 1. The first kappa shape index (κ1) is 13.1. The molecule has 0 radical (unpaired) electrons. The summed E-state index contributed by atoms with van der Waals surface area (Å²) in [6.07, 6.45) is 5.64. The Hall–Kier alpha value is -0.940. The van der Waals surface area contributed by atoms with Crippen molar-refractivity contribution in [3.05, 3.63) is 0 Å². The monoisotopic (exact) mass is 266 g/mol. The minimum Gasteiger partial charge on any atom is -0.381 e. The Morgan fingerprint density at radius 1 is 1.21 bits per heavy atom. The molecule has 0 spiro atoms. The molecule has 2 aliphatic heterocycles. The second-order valence-electron chi connectivity index (χ2n) is 5.93. The van der Waals surface area contributed by atoms with E-state index in [1.807, 2.05) is 0 Å². The van der Waals surface area contributed by atoms with Crippen LogP contribution in [0.15, 0.2) is 0 Å². The fourth-order valence-corrected chi connectivity index (χ4v) is 3.41. The van der Waals surface area contributed by atoms with E-state index < -0.39 is 0 Å². The van der Waals surface area contributed by atoms with Crippen LogP contribution in [0.4, 0.5) is 0 Å². The summed E-state index contributed by atoms with van der Waals surface area (Å²) in [6, 6.07) is -0.129. The summed E-state index contributed by atoms with van der Waals surface area (Å²) >= 11 is 0. The standard InChI is InChI=1S/C14H22N2O3/c17-13-7-12(15-8-10-5-6-19-9-10)14(18)16(13)11-3-1-2-4-11/h10-12,15H,1-9H2. The second kappa shape index (κ2) is 5.59. The van der Waals surface area contributed by atoms with Gasteiger partial charge < -0.3 is 10.1 Å². The average Bonchev–Trinajstić information content (AvgIpc) is 3.09. The zero-order valence-electron chi connectivity index (χ0n) is 11.3. The summed E-state index contributed by atoms with van der Waals surface area (Å²) in [6.45, 7) is 2.37. The molecule has 0 aromatic carbocycles. The van der Waals surface area contributed by atoms with Gasteiger partial charge in [0.1, 0.15) is 0 Å². The highest BCUT2D eigenvalue weighted by Crippen LogP contribution is 2.28. The number of carbonyl (C=O) groups is 2. The zero-order chi connectivity index (χ0) is 13.2. The summed E-state index contributed by atoms with van der Waals surface area (Å²) in [5.41, 5.74) is 0. The molecule has 1 N–H and O–H groups in total. The van der Waals surface area contributed by atoms with Crippen LogP contribution in [0.1, 0.15) is 38.5 Å². The first-order valence-corrected chi connectivity index (χ1v) is 7.42. The van der Waals surface area contributed by atoms with Gasteiger partial charge in [-0.25, -0.2) is 0 Å². The summed E-state index contributed by atoms with van der Waals surface area (Å²) in [7, 11) is 0. The maximum absolute atomic E-state index is 12.3. The highest BCUT2D eigenvalue weighted by molar-refractivity contribution is 6.05. The van der Waals surface area contributed by atoms with Gasteiger partial charge in [0.05, 0.1) is 19.1 Å². The van der Waals surface area contributed by atoms with Gasteiger partial charge in [-0.15, -0.1) is 0 Å². The Labute approximate surface area is 113 Å². The predicted molar refractivity (Wildman–Crippen MR) is 69.4 cm³/mol. The fourth-order valence-electron chi connectivity index (χ4n) is 3.41. The second-order valence-corrected chi connectivity index (χ2v) is 5.93. The van der Waals surface area contributed by atoms with Crippen molar-refractivity contribution >= 4 is 11.8 Å². The maximum atomic E-state index is 12.3. The molecule has 19 heavy (non-hydrogen) atoms. The van der Waals surface area contributed by atoms with Crippen molar-refractivity contribution < 1.29 is 14.3 Å². The molecule has 2 unspecified atom stereocenters. The minimum absolute atomic E-state index is 0.00387. The summed E-state index contributed by atoms with van der Waals surface area (Å²) in [5.74, 6) is 0.497. The lowest BCUT2D eigenvalue weighted by atomic mass is 10.1. The van der Waals surface area contributed by atoms with Crippen LogP contribution in [0, 0.1) is 5.92 Å². The zero-order valence-corrected chi connectivity index (χ0v) is 11.3. The topological polar surface area (TPSA) is 58.6 Å². The molecule has 5 nitrogen and oxygen atoms in total. The molecule has 5 heteroatoms. The van der Waals surface area contributed by atoms with Crippen LogP contribution in [-0.2, 0) is 14.3 Å². The van der Waals surface area contributed by atoms with E-state index in [-0.39, 0.29) is 23.9 Å². The molecule has 2 amide bonds. The lowest BCUT2D eigenvalue weighted by Gasteiger charge is -2.22. The van der Waals surface area contributed by atoms with Gasteiger partial charge in [-0.05, 0) is 25.2 Å². The third kappa shape index (κ3) is 2.67. The third-order valence-corrected chi connectivity index (χ3v) is 4.55. The van der Waals surface area contributed by atoms with Crippen molar-refractivity contribution in [3.8, 4) is 0 Å². The van der Waals surface area contributed by atoms with Crippen LogP contribution in [0.3, 0.4) is 0 Å². The number of likely N-dealkylation sites (tertiary alicyclic amines) is 1. The molecule has 106 valence electrons. The largest absolute Gasteiger partial charge is 0.381 e. The van der Waals surface area contributed by atoms with Crippen molar-refractivity contribution in [2.75, 3.05) is 19.8 Å². The van der Waals surface area contributed by atoms with E-state index in [2.05, 4.69) is 5.32 Å². The number of ether oxygens (including phenoxy) is 1. The average molecular weight is 266 g/mol. The van der Waals surface area contributed by atoms with Gasteiger partial charge in [-0.1, -0.05) is 12.8 Å². The molecule has 1 aliphatic carbocycles. The van der Waals surface area contributed by atoms with E-state index in [0.717, 1.165) is 51.9 Å². The quantitative estimate of drug-likeness (QED) is 0.760. The fraction of sp³-hybridized carbons (Fsp3) is 0.857. The smallest absolute Gasteiger partial charge is 0.247 e. The number of nitrogens with zero attached hydrogens (tertiary/aromatic N) is 1. The van der Waals surface area contributed by atoms with Crippen LogP contribution in [0.25, 0.3) is 0 Å². The number of rotatable bonds is 4. The molecule has 2 saturated heterocycles. The molecule has 2 atom stereocenters. The Morgan fingerprint density at radius 2 is 2.00 bits per heavy atom. The normalized spacial score (nSPS) is 32.7. The van der Waals surface area contributed by atoms with Gasteiger partial charge in [-0.3, -0.25) is 14.5 Å². The van der Waals surface area contributed by atoms with E-state index in [1.165, 1.54) is 4.90 Å². The predicted octanol–water partition coefficient (Wildman–Crippen LogP) is 0.683. The molecular formula is C14H22N2O3. The van der Waals surface area contributed by atoms with Crippen LogP contribution in [-0.4, -0.2) is 48.6 Å². The Bertz CT molecular complexity index is 360. The Kier molecular flexibility index (Phi) is 3.84. The van der Waals surface area contributed by atoms with Gasteiger partial charge in [0.2, 0.25) is 11.8 Å². The van der Waals surface area contributed by atoms with Gasteiger partial charge >= 0.3 is 0 Å². The van der Waals surface area contributed by atoms with E-state index >= 15 is 0 Å². The molecule has 1 saturated carbocycles. The van der Waals surface area contributed by atoms with Crippen LogP contribution >= 0.6 is 0 Å². The van der Waals surface area contributed by atoms with Crippen molar-refractivity contribution in [1.82, 2.24) is 10.2 Å². The first-order chi connectivity index (χ1) is 9.25. The van der Waals surface area contributed by atoms with E-state index in [9.17, 15) is 9.59 Å². The Morgan fingerprint density at radius 3 is 2.68 bits per heavy atom. The van der Waals surface area contributed by atoms with Crippen molar-refractivity contribution in [1.29, 1.82) is 0 Å². The highest BCUT2D eigenvalue weighted by Gasteiger charge is 2.42. The SMILES string of the molecule is O=C1CC(NCC2CCOC2)C(=O)N1C1CCCC1. The maximum Gasteiger partial charge on any atom is 0.247 e. The number of carbonyl (C=O) groups excluding carboxylic acids is 2. The van der Waals surface area contributed by atoms with Crippen molar-refractivity contribution in [2.24, 2.45) is 5.92 Å². The molecule has 0 aromatic rings. The molecule has 0 aromatic heterocycles. The highest BCUT2D eigenvalue weighted by atomic mass is 16.5. The summed E-state index contributed by atoms with van der Waals surface area (Å²) < 4.78 is 5.32. The third-order valence-electron chi connectivity index (χ3n) is 4.55. The van der Waals surface area contributed by atoms with Gasteiger partial charge in [-0.2, -0.15) is 0 Å². The van der Waals surface area contributed by atoms with Crippen LogP contribution in [0.5, 0.6) is 0 Å². The van der Waals surface area contributed by atoms with E-state index in [0.29, 0.717) is 12.3 Å². The van der Waals surface area contributed by atoms with Gasteiger partial charge in [0.15, 0.2) is 0 Å². The summed E-state index contributed by atoms with van der Waals surface area (Å²) in [4.78, 5) is 25.9. The first-order valence-electron chi connectivity index (χ1n) is 7.42.